The molecule has 0 spiro atoms. The maximum absolute atomic E-state index is 12.9. The van der Waals surface area contributed by atoms with Crippen LogP contribution in [0.25, 0.3) is 10.1 Å². The molecular formula is C16H18BrNOS. The first-order chi connectivity index (χ1) is 9.81. The second-order valence-corrected chi connectivity index (χ2v) is 6.98. The van der Waals surface area contributed by atoms with Crippen LogP contribution in [0.4, 0.5) is 0 Å². The van der Waals surface area contributed by atoms with Gasteiger partial charge in [-0.25, -0.2) is 0 Å². The van der Waals surface area contributed by atoms with Gasteiger partial charge in [0.25, 0.3) is 5.91 Å². The van der Waals surface area contributed by atoms with Gasteiger partial charge in [-0.05, 0) is 31.7 Å². The number of benzene rings is 1. The molecule has 2 nitrogen and oxygen atoms in total. The lowest BCUT2D eigenvalue weighted by atomic mass is 9.90. The molecule has 0 aliphatic heterocycles. The average molecular weight is 352 g/mol. The summed E-state index contributed by atoms with van der Waals surface area (Å²) >= 11 is 5.13. The number of halogens is 1. The summed E-state index contributed by atoms with van der Waals surface area (Å²) in [6.07, 6.45) is 4.60. The van der Waals surface area contributed by atoms with Crippen LogP contribution in [-0.2, 0) is 0 Å². The maximum Gasteiger partial charge on any atom is 0.255 e. The number of carbonyl (C=O) groups is 1. The predicted molar refractivity (Wildman–Crippen MR) is 88.9 cm³/mol. The van der Waals surface area contributed by atoms with Gasteiger partial charge in [-0.1, -0.05) is 34.1 Å². The number of hydrogen-bond acceptors (Lipinski definition) is 2. The summed E-state index contributed by atoms with van der Waals surface area (Å²) in [5, 5.41) is 4.08. The Kier molecular flexibility index (Phi) is 4.41. The van der Waals surface area contributed by atoms with Crippen LogP contribution in [0.3, 0.4) is 0 Å². The predicted octanol–water partition coefficient (Wildman–Crippen LogP) is 4.68. The molecule has 4 heteroatoms. The van der Waals surface area contributed by atoms with E-state index in [1.165, 1.54) is 11.1 Å². The van der Waals surface area contributed by atoms with Crippen LogP contribution < -0.4 is 0 Å². The van der Waals surface area contributed by atoms with Gasteiger partial charge in [0.1, 0.15) is 0 Å². The first kappa shape index (κ1) is 14.1. The van der Waals surface area contributed by atoms with Gasteiger partial charge < -0.3 is 4.90 Å². The van der Waals surface area contributed by atoms with E-state index in [9.17, 15) is 4.79 Å². The number of rotatable bonds is 5. The first-order valence-corrected chi connectivity index (χ1v) is 9.14. The molecule has 2 aromatic rings. The topological polar surface area (TPSA) is 20.3 Å². The summed E-state index contributed by atoms with van der Waals surface area (Å²) in [7, 11) is 0. The molecule has 0 N–H and O–H groups in total. The highest BCUT2D eigenvalue weighted by Gasteiger charge is 2.29. The van der Waals surface area contributed by atoms with Crippen molar-refractivity contribution in [1.82, 2.24) is 4.90 Å². The Hall–Kier alpha value is -0.870. The Balaban J connectivity index is 1.88. The molecule has 106 valence electrons. The van der Waals surface area contributed by atoms with E-state index in [1.807, 2.05) is 17.5 Å². The molecule has 0 radical (unpaired) electrons. The average Bonchev–Trinajstić information content (AvgIpc) is 2.84. The molecule has 1 saturated carbocycles. The number of thiophene rings is 1. The fraction of sp³-hybridized carbons (Fsp3) is 0.438. The molecule has 1 heterocycles. The smallest absolute Gasteiger partial charge is 0.255 e. The standard InChI is InChI=1S/C16H18BrNOS/c17-9-4-10-18(12-5-3-6-12)16(19)14-11-20-15-8-2-1-7-13(14)15/h1-2,7-8,11-12H,3-6,9-10H2. The molecule has 20 heavy (non-hydrogen) atoms. The third kappa shape index (κ3) is 2.63. The minimum atomic E-state index is 0.216. The van der Waals surface area contributed by atoms with E-state index in [0.29, 0.717) is 6.04 Å². The summed E-state index contributed by atoms with van der Waals surface area (Å²) < 4.78 is 1.20. The minimum Gasteiger partial charge on any atom is -0.336 e. The maximum atomic E-state index is 12.9. The second-order valence-electron chi connectivity index (χ2n) is 5.27. The van der Waals surface area contributed by atoms with Crippen molar-refractivity contribution in [3.05, 3.63) is 35.2 Å². The Bertz CT molecular complexity index is 605. The molecule has 1 aliphatic rings. The number of amides is 1. The summed E-state index contributed by atoms with van der Waals surface area (Å²) in [6, 6.07) is 8.64. The van der Waals surface area contributed by atoms with Gasteiger partial charge in [0.15, 0.2) is 0 Å². The molecule has 1 aromatic carbocycles. The van der Waals surface area contributed by atoms with Gasteiger partial charge >= 0.3 is 0 Å². The van der Waals surface area contributed by atoms with Crippen LogP contribution in [0, 0.1) is 0 Å². The van der Waals surface area contributed by atoms with Gasteiger partial charge in [0.2, 0.25) is 0 Å². The van der Waals surface area contributed by atoms with Crippen molar-refractivity contribution in [1.29, 1.82) is 0 Å². The van der Waals surface area contributed by atoms with Crippen LogP contribution in [0.15, 0.2) is 29.6 Å². The van der Waals surface area contributed by atoms with Crippen molar-refractivity contribution in [3.8, 4) is 0 Å². The summed E-state index contributed by atoms with van der Waals surface area (Å²) in [5.41, 5.74) is 0.882. The lowest BCUT2D eigenvalue weighted by molar-refractivity contribution is 0.0583. The fourth-order valence-electron chi connectivity index (χ4n) is 2.68. The van der Waals surface area contributed by atoms with E-state index in [-0.39, 0.29) is 5.91 Å². The Labute approximate surface area is 131 Å². The van der Waals surface area contributed by atoms with E-state index in [0.717, 1.165) is 42.1 Å². The SMILES string of the molecule is O=C(c1csc2ccccc12)N(CCCBr)C1CCC1. The number of fused-ring (bicyclic) bond motifs is 1. The van der Waals surface area contributed by atoms with E-state index in [4.69, 9.17) is 0 Å². The van der Waals surface area contributed by atoms with Crippen molar-refractivity contribution < 1.29 is 4.79 Å². The van der Waals surface area contributed by atoms with Crippen LogP contribution >= 0.6 is 27.3 Å². The fourth-order valence-corrected chi connectivity index (χ4v) is 3.86. The first-order valence-electron chi connectivity index (χ1n) is 7.14. The van der Waals surface area contributed by atoms with Crippen LogP contribution in [0.5, 0.6) is 0 Å². The Morgan fingerprint density at radius 1 is 1.35 bits per heavy atom. The molecule has 1 aromatic heterocycles. The zero-order valence-electron chi connectivity index (χ0n) is 11.3. The van der Waals surface area contributed by atoms with Gasteiger partial charge in [0.05, 0.1) is 5.56 Å². The Morgan fingerprint density at radius 2 is 2.15 bits per heavy atom. The van der Waals surface area contributed by atoms with Crippen LogP contribution in [-0.4, -0.2) is 28.7 Å². The third-order valence-corrected chi connectivity index (χ3v) is 5.54. The number of alkyl halides is 1. The molecule has 0 saturated heterocycles. The highest BCUT2D eigenvalue weighted by atomic mass is 79.9. The summed E-state index contributed by atoms with van der Waals surface area (Å²) in [4.78, 5) is 15.0. The molecule has 1 aliphatic carbocycles. The van der Waals surface area contributed by atoms with E-state index in [2.05, 4.69) is 33.0 Å². The van der Waals surface area contributed by atoms with E-state index < -0.39 is 0 Å². The largest absolute Gasteiger partial charge is 0.336 e. The summed E-state index contributed by atoms with van der Waals surface area (Å²) in [6.45, 7) is 0.860. The molecular weight excluding hydrogens is 334 g/mol. The van der Waals surface area contributed by atoms with Crippen molar-refractivity contribution in [3.63, 3.8) is 0 Å². The molecule has 0 bridgehead atoms. The number of carbonyl (C=O) groups excluding carboxylic acids is 1. The number of nitrogens with zero attached hydrogens (tertiary/aromatic N) is 1. The van der Waals surface area contributed by atoms with Gasteiger partial charge in [-0.2, -0.15) is 0 Å². The van der Waals surface area contributed by atoms with Crippen molar-refractivity contribution in [2.45, 2.75) is 31.7 Å². The highest BCUT2D eigenvalue weighted by molar-refractivity contribution is 9.09. The van der Waals surface area contributed by atoms with Gasteiger partial charge in [-0.15, -0.1) is 11.3 Å². The lowest BCUT2D eigenvalue weighted by Crippen LogP contribution is -2.44. The molecule has 1 fully saturated rings. The third-order valence-electron chi connectivity index (χ3n) is 4.02. The highest BCUT2D eigenvalue weighted by Crippen LogP contribution is 2.31. The molecule has 0 unspecified atom stereocenters. The monoisotopic (exact) mass is 351 g/mol. The van der Waals surface area contributed by atoms with Crippen molar-refractivity contribution >= 4 is 43.3 Å². The lowest BCUT2D eigenvalue weighted by Gasteiger charge is -2.37. The zero-order chi connectivity index (χ0) is 13.9. The van der Waals surface area contributed by atoms with Crippen LogP contribution in [0.1, 0.15) is 36.0 Å². The summed E-state index contributed by atoms with van der Waals surface area (Å²) in [5.74, 6) is 0.216. The molecule has 0 atom stereocenters. The van der Waals surface area contributed by atoms with Crippen molar-refractivity contribution in [2.75, 3.05) is 11.9 Å². The number of hydrogen-bond donors (Lipinski definition) is 0. The van der Waals surface area contributed by atoms with Crippen molar-refractivity contribution in [2.24, 2.45) is 0 Å². The van der Waals surface area contributed by atoms with Gasteiger partial charge in [-0.3, -0.25) is 4.79 Å². The Morgan fingerprint density at radius 3 is 2.85 bits per heavy atom. The second kappa shape index (κ2) is 6.27. The van der Waals surface area contributed by atoms with Gasteiger partial charge in [0, 0.05) is 33.4 Å². The van der Waals surface area contributed by atoms with Crippen LogP contribution in [0.2, 0.25) is 0 Å². The normalized spacial score (nSPS) is 15.2. The zero-order valence-corrected chi connectivity index (χ0v) is 13.8. The quantitative estimate of drug-likeness (QED) is 0.716. The van der Waals surface area contributed by atoms with E-state index in [1.54, 1.807) is 11.3 Å². The molecule has 3 rings (SSSR count). The minimum absolute atomic E-state index is 0.216. The molecule has 1 amide bonds. The van der Waals surface area contributed by atoms with E-state index >= 15 is 0 Å².